The number of nitrogens with zero attached hydrogens (tertiary/aromatic N) is 3. The maximum absolute atomic E-state index is 13.6. The molecule has 1 aromatic heterocycles. The number of anilines is 1. The summed E-state index contributed by atoms with van der Waals surface area (Å²) in [5.74, 6) is -0.934. The van der Waals surface area contributed by atoms with Crippen LogP contribution in [-0.2, 0) is 10.9 Å². The molecule has 7 nitrogen and oxygen atoms in total. The number of rotatable bonds is 8. The Hall–Kier alpha value is -3.02. The summed E-state index contributed by atoms with van der Waals surface area (Å²) < 4.78 is 75.8. The molecule has 0 radical (unpaired) electrons. The minimum Gasteiger partial charge on any atom is -0.489 e. The molecule has 1 fully saturated rings. The van der Waals surface area contributed by atoms with Crippen molar-refractivity contribution < 1.29 is 41.3 Å². The van der Waals surface area contributed by atoms with E-state index in [1.807, 2.05) is 0 Å². The largest absolute Gasteiger partial charge is 0.489 e. The van der Waals surface area contributed by atoms with Crippen molar-refractivity contribution in [2.24, 2.45) is 0 Å². The highest BCUT2D eigenvalue weighted by atomic mass is 19.4. The van der Waals surface area contributed by atoms with Gasteiger partial charge in [-0.2, -0.15) is 22.0 Å². The zero-order valence-corrected chi connectivity index (χ0v) is 16.9. The summed E-state index contributed by atoms with van der Waals surface area (Å²) in [6, 6.07) is 3.51. The van der Waals surface area contributed by atoms with Gasteiger partial charge in [-0.05, 0) is 24.3 Å². The number of carbonyl (C=O) groups is 1. The molecule has 32 heavy (non-hydrogen) atoms. The van der Waals surface area contributed by atoms with Crippen molar-refractivity contribution >= 4 is 11.9 Å². The van der Waals surface area contributed by atoms with Gasteiger partial charge in [0.15, 0.2) is 0 Å². The second-order valence-corrected chi connectivity index (χ2v) is 7.18. The number of carboxylic acid groups (broad SMARTS) is 1. The van der Waals surface area contributed by atoms with Crippen LogP contribution in [0.15, 0.2) is 36.7 Å². The molecule has 1 aliphatic heterocycles. The van der Waals surface area contributed by atoms with Crippen LogP contribution in [0.4, 0.5) is 27.9 Å². The van der Waals surface area contributed by atoms with Gasteiger partial charge in [0.05, 0.1) is 30.3 Å². The summed E-state index contributed by atoms with van der Waals surface area (Å²) in [5, 5.41) is 8.98. The molecule has 3 rings (SSSR count). The van der Waals surface area contributed by atoms with Crippen LogP contribution >= 0.6 is 0 Å². The Morgan fingerprint density at radius 3 is 2.31 bits per heavy atom. The lowest BCUT2D eigenvalue weighted by Gasteiger charge is -2.25. The van der Waals surface area contributed by atoms with E-state index >= 15 is 0 Å². The Balaban J connectivity index is 1.75. The van der Waals surface area contributed by atoms with E-state index in [0.29, 0.717) is 0 Å². The lowest BCUT2D eigenvalue weighted by Crippen LogP contribution is -2.37. The molecule has 0 aliphatic carbocycles. The van der Waals surface area contributed by atoms with Crippen LogP contribution in [-0.4, -0.2) is 52.4 Å². The predicted octanol–water partition coefficient (Wildman–Crippen LogP) is 4.24. The van der Waals surface area contributed by atoms with Gasteiger partial charge in [-0.25, -0.2) is 14.8 Å². The molecule has 1 saturated heterocycles. The minimum atomic E-state index is -4.48. The summed E-state index contributed by atoms with van der Waals surface area (Å²) in [6.45, 7) is 1.04. The molecule has 2 aromatic rings. The lowest BCUT2D eigenvalue weighted by molar-refractivity contribution is -0.241. The second-order valence-electron chi connectivity index (χ2n) is 7.18. The first-order valence-corrected chi connectivity index (χ1v) is 9.66. The number of aromatic nitrogens is 2. The van der Waals surface area contributed by atoms with E-state index < -0.39 is 42.4 Å². The average Bonchev–Trinajstić information content (AvgIpc) is 3.15. The van der Waals surface area contributed by atoms with Gasteiger partial charge in [0, 0.05) is 25.2 Å². The monoisotopic (exact) mass is 461 g/mol. The Kier molecular flexibility index (Phi) is 6.82. The van der Waals surface area contributed by atoms with Gasteiger partial charge in [0.1, 0.15) is 11.9 Å². The number of alkyl halides is 5. The molecule has 0 amide bonds. The summed E-state index contributed by atoms with van der Waals surface area (Å²) in [7, 11) is 0. The molecule has 0 bridgehead atoms. The third kappa shape index (κ3) is 5.81. The smallest absolute Gasteiger partial charge is 0.416 e. The molecule has 0 spiro atoms. The van der Waals surface area contributed by atoms with Crippen molar-refractivity contribution in [1.29, 1.82) is 0 Å². The van der Waals surface area contributed by atoms with Crippen molar-refractivity contribution in [2.75, 3.05) is 18.1 Å². The van der Waals surface area contributed by atoms with Crippen molar-refractivity contribution in [3.05, 3.63) is 47.8 Å². The molecular weight excluding hydrogens is 441 g/mol. The predicted molar refractivity (Wildman–Crippen MR) is 102 cm³/mol. The number of halogens is 5. The Morgan fingerprint density at radius 2 is 1.78 bits per heavy atom. The molecule has 1 N–H and O–H groups in total. The fourth-order valence-corrected chi connectivity index (χ4v) is 3.18. The quantitative estimate of drug-likeness (QED) is 0.589. The highest BCUT2D eigenvalue weighted by Crippen LogP contribution is 2.32. The Bertz CT molecular complexity index is 922. The van der Waals surface area contributed by atoms with E-state index in [2.05, 4.69) is 9.97 Å². The normalized spacial score (nSPS) is 19.2. The number of ether oxygens (including phenoxy) is 2. The zero-order valence-electron chi connectivity index (χ0n) is 16.9. The number of carboxylic acids is 1. The Morgan fingerprint density at radius 1 is 1.16 bits per heavy atom. The van der Waals surface area contributed by atoms with Crippen LogP contribution in [0.1, 0.15) is 35.7 Å². The van der Waals surface area contributed by atoms with E-state index in [9.17, 15) is 26.7 Å². The number of hydrogen-bond donors (Lipinski definition) is 1. The molecular formula is C20H20F5N3O4. The van der Waals surface area contributed by atoms with Gasteiger partial charge >= 0.3 is 18.3 Å². The van der Waals surface area contributed by atoms with Gasteiger partial charge in [-0.1, -0.05) is 6.92 Å². The zero-order chi connectivity index (χ0) is 23.5. The van der Waals surface area contributed by atoms with Gasteiger partial charge < -0.3 is 19.5 Å². The third-order valence-corrected chi connectivity index (χ3v) is 4.90. The second kappa shape index (κ2) is 9.23. The number of aromatic carboxylic acids is 1. The fourth-order valence-electron chi connectivity index (χ4n) is 3.18. The highest BCUT2D eigenvalue weighted by Gasteiger charge is 2.38. The summed E-state index contributed by atoms with van der Waals surface area (Å²) in [5.41, 5.74) is -0.964. The highest BCUT2D eigenvalue weighted by molar-refractivity contribution is 5.86. The summed E-state index contributed by atoms with van der Waals surface area (Å²) >= 11 is 0. The number of hydrogen-bond acceptors (Lipinski definition) is 6. The molecule has 2 heterocycles. The Labute approximate surface area is 179 Å². The van der Waals surface area contributed by atoms with Gasteiger partial charge in [0.2, 0.25) is 5.95 Å². The molecule has 174 valence electrons. The SMILES string of the molecule is CCC(F)(F)OC[C@@H]1C[C@H](Oc2ccc(C(F)(F)F)cc2)CN1c1ncc(C(=O)O)cn1. The standard InChI is InChI=1S/C20H20F5N3O4/c1-2-19(21,22)31-11-14-7-16(32-15-5-3-13(4-6-15)20(23,24)25)10-28(14)18-26-8-12(9-27-18)17(29)30/h3-6,8-9,14,16H,2,7,10-11H2,1H3,(H,29,30)/t14-,16-/m0/s1. The van der Waals surface area contributed by atoms with Crippen LogP contribution in [0.3, 0.4) is 0 Å². The molecule has 0 unspecified atom stereocenters. The van der Waals surface area contributed by atoms with Crippen LogP contribution < -0.4 is 9.64 Å². The first-order valence-electron chi connectivity index (χ1n) is 9.66. The van der Waals surface area contributed by atoms with Crippen LogP contribution in [0.25, 0.3) is 0 Å². The summed E-state index contributed by atoms with van der Waals surface area (Å²) in [4.78, 5) is 20.5. The van der Waals surface area contributed by atoms with Crippen LogP contribution in [0, 0.1) is 0 Å². The van der Waals surface area contributed by atoms with E-state index in [1.165, 1.54) is 19.1 Å². The molecule has 0 saturated carbocycles. The van der Waals surface area contributed by atoms with Gasteiger partial charge in [-0.3, -0.25) is 0 Å². The van der Waals surface area contributed by atoms with Crippen molar-refractivity contribution in [1.82, 2.24) is 9.97 Å². The lowest BCUT2D eigenvalue weighted by atomic mass is 10.2. The average molecular weight is 461 g/mol. The maximum Gasteiger partial charge on any atom is 0.416 e. The minimum absolute atomic E-state index is 0.0990. The number of benzene rings is 1. The van der Waals surface area contributed by atoms with Crippen LogP contribution in [0.2, 0.25) is 0 Å². The molecule has 2 atom stereocenters. The fraction of sp³-hybridized carbons (Fsp3) is 0.450. The van der Waals surface area contributed by atoms with Crippen molar-refractivity contribution in [2.45, 2.75) is 44.2 Å². The van der Waals surface area contributed by atoms with E-state index in [-0.39, 0.29) is 36.8 Å². The molecule has 12 heteroatoms. The van der Waals surface area contributed by atoms with Crippen LogP contribution in [0.5, 0.6) is 5.75 Å². The van der Waals surface area contributed by atoms with E-state index in [4.69, 9.17) is 14.6 Å². The van der Waals surface area contributed by atoms with Crippen molar-refractivity contribution in [3.63, 3.8) is 0 Å². The molecule has 1 aromatic carbocycles. The van der Waals surface area contributed by atoms with E-state index in [0.717, 1.165) is 24.5 Å². The maximum atomic E-state index is 13.6. The summed E-state index contributed by atoms with van der Waals surface area (Å²) in [6.07, 6.45) is -6.50. The van der Waals surface area contributed by atoms with Gasteiger partial charge in [0.25, 0.3) is 0 Å². The topological polar surface area (TPSA) is 84.8 Å². The van der Waals surface area contributed by atoms with Gasteiger partial charge in [-0.15, -0.1) is 0 Å². The van der Waals surface area contributed by atoms with Crippen molar-refractivity contribution in [3.8, 4) is 5.75 Å². The first-order chi connectivity index (χ1) is 15.0. The van der Waals surface area contributed by atoms with E-state index in [1.54, 1.807) is 4.90 Å². The third-order valence-electron chi connectivity index (χ3n) is 4.90. The first kappa shape index (κ1) is 23.6. The molecule has 1 aliphatic rings.